The van der Waals surface area contributed by atoms with Crippen LogP contribution in [-0.2, 0) is 4.74 Å². The zero-order chi connectivity index (χ0) is 34.1. The van der Waals surface area contributed by atoms with Gasteiger partial charge in [0.1, 0.15) is 0 Å². The van der Waals surface area contributed by atoms with E-state index in [0.717, 1.165) is 0 Å². The van der Waals surface area contributed by atoms with E-state index in [4.69, 9.17) is 4.74 Å². The summed E-state index contributed by atoms with van der Waals surface area (Å²) in [5.74, 6) is 0. The van der Waals surface area contributed by atoms with Crippen LogP contribution in [0, 0.1) is 0 Å². The Bertz CT molecular complexity index is 483. The normalized spacial score (nSPS) is 13.0. The van der Waals surface area contributed by atoms with E-state index >= 15 is 0 Å². The molecule has 0 aliphatic rings. The molecule has 2 unspecified atom stereocenters. The van der Waals surface area contributed by atoms with Gasteiger partial charge in [0.15, 0.2) is 0 Å². The lowest BCUT2D eigenvalue weighted by molar-refractivity contribution is -0.0324. The Morgan fingerprint density at radius 2 is 0.362 bits per heavy atom. The Morgan fingerprint density at radius 1 is 0.213 bits per heavy atom. The minimum atomic E-state index is 0.520. The summed E-state index contributed by atoms with van der Waals surface area (Å²) in [6.45, 7) is 9.30. The predicted octanol–water partition coefficient (Wildman–Crippen LogP) is 17.4. The molecule has 0 aromatic carbocycles. The van der Waals surface area contributed by atoms with Crippen LogP contribution in [-0.4, -0.2) is 12.2 Å². The summed E-state index contributed by atoms with van der Waals surface area (Å²) < 4.78 is 7.11. The second-order valence-corrected chi connectivity index (χ2v) is 15.8. The van der Waals surface area contributed by atoms with Crippen molar-refractivity contribution >= 4 is 0 Å². The van der Waals surface area contributed by atoms with Gasteiger partial charge in [0.05, 0.1) is 12.2 Å². The molecule has 0 spiro atoms. The van der Waals surface area contributed by atoms with Gasteiger partial charge in [-0.2, -0.15) is 0 Å². The van der Waals surface area contributed by atoms with E-state index in [1.54, 1.807) is 0 Å². The maximum atomic E-state index is 7.11. The minimum Gasteiger partial charge on any atom is -0.375 e. The molecular weight excluding hydrogens is 569 g/mol. The van der Waals surface area contributed by atoms with E-state index in [1.807, 2.05) is 0 Å². The fourth-order valence-corrected chi connectivity index (χ4v) is 7.56. The van der Waals surface area contributed by atoms with Gasteiger partial charge < -0.3 is 4.74 Å². The molecule has 0 aliphatic carbocycles. The summed E-state index contributed by atoms with van der Waals surface area (Å²) >= 11 is 0. The van der Waals surface area contributed by atoms with Crippen LogP contribution in [0.15, 0.2) is 0 Å². The van der Waals surface area contributed by atoms with Crippen molar-refractivity contribution in [1.82, 2.24) is 0 Å². The Morgan fingerprint density at radius 3 is 0.532 bits per heavy atom. The Hall–Kier alpha value is -0.0400. The average molecular weight is 663 g/mol. The van der Waals surface area contributed by atoms with Gasteiger partial charge in [-0.3, -0.25) is 0 Å². The Kier molecular flexibility index (Phi) is 42.1. The summed E-state index contributed by atoms with van der Waals surface area (Å²) in [4.78, 5) is 0. The summed E-state index contributed by atoms with van der Waals surface area (Å²) in [5.41, 5.74) is 0. The molecule has 0 heterocycles. The first-order valence-electron chi connectivity index (χ1n) is 22.9. The van der Waals surface area contributed by atoms with Crippen LogP contribution in [0.2, 0.25) is 0 Å². The van der Waals surface area contributed by atoms with Gasteiger partial charge in [-0.05, 0) is 25.7 Å². The lowest BCUT2D eigenvalue weighted by Crippen LogP contribution is -2.23. The second-order valence-electron chi connectivity index (χ2n) is 15.8. The zero-order valence-corrected chi connectivity index (χ0v) is 33.8. The third kappa shape index (κ3) is 38.6. The molecule has 0 amide bonds. The van der Waals surface area contributed by atoms with Crippen LogP contribution in [0.4, 0.5) is 0 Å². The lowest BCUT2D eigenvalue weighted by Gasteiger charge is -2.26. The average Bonchev–Trinajstić information content (AvgIpc) is 3.08. The van der Waals surface area contributed by atoms with Crippen molar-refractivity contribution in [2.75, 3.05) is 0 Å². The molecule has 0 aromatic heterocycles. The molecular formula is C46H94O. The lowest BCUT2D eigenvalue weighted by atomic mass is 9.99. The van der Waals surface area contributed by atoms with Crippen molar-refractivity contribution in [2.24, 2.45) is 0 Å². The fourth-order valence-electron chi connectivity index (χ4n) is 7.56. The van der Waals surface area contributed by atoms with Gasteiger partial charge in [0.25, 0.3) is 0 Å². The predicted molar refractivity (Wildman–Crippen MR) is 216 cm³/mol. The molecule has 0 aliphatic heterocycles. The number of ether oxygens (including phenoxy) is 1. The molecule has 284 valence electrons. The topological polar surface area (TPSA) is 9.23 Å². The molecule has 0 fully saturated rings. The van der Waals surface area contributed by atoms with Gasteiger partial charge in [-0.25, -0.2) is 0 Å². The molecule has 1 nitrogen and oxygen atoms in total. The van der Waals surface area contributed by atoms with Crippen molar-refractivity contribution in [3.8, 4) is 0 Å². The third-order valence-electron chi connectivity index (χ3n) is 10.9. The van der Waals surface area contributed by atoms with Gasteiger partial charge in [0.2, 0.25) is 0 Å². The molecule has 0 saturated heterocycles. The largest absolute Gasteiger partial charge is 0.375 e. The molecule has 0 rings (SSSR count). The van der Waals surface area contributed by atoms with E-state index in [2.05, 4.69) is 27.7 Å². The van der Waals surface area contributed by atoms with Crippen molar-refractivity contribution in [3.63, 3.8) is 0 Å². The first kappa shape index (κ1) is 47.0. The summed E-state index contributed by atoms with van der Waals surface area (Å²) in [7, 11) is 0. The molecule has 47 heavy (non-hydrogen) atoms. The fraction of sp³-hybridized carbons (Fsp3) is 1.00. The maximum Gasteiger partial charge on any atom is 0.0578 e. The molecule has 0 bridgehead atoms. The van der Waals surface area contributed by atoms with Crippen LogP contribution in [0.1, 0.15) is 285 Å². The van der Waals surface area contributed by atoms with Crippen LogP contribution in [0.3, 0.4) is 0 Å². The van der Waals surface area contributed by atoms with E-state index in [0.29, 0.717) is 12.2 Å². The Labute approximate surface area is 300 Å². The van der Waals surface area contributed by atoms with Crippen molar-refractivity contribution in [1.29, 1.82) is 0 Å². The number of unbranched alkanes of at least 4 members (excludes halogenated alkanes) is 32. The quantitative estimate of drug-likeness (QED) is 0.0591. The minimum absolute atomic E-state index is 0.520. The smallest absolute Gasteiger partial charge is 0.0578 e. The highest BCUT2D eigenvalue weighted by Gasteiger charge is 2.17. The SMILES string of the molecule is CCCCCCCCCCCCCCC(CCCCCCCC)OC(CCCCCCCC)CCCCCCCCCCCCCC. The van der Waals surface area contributed by atoms with Gasteiger partial charge in [-0.15, -0.1) is 0 Å². The summed E-state index contributed by atoms with van der Waals surface area (Å²) in [5, 5.41) is 0. The van der Waals surface area contributed by atoms with E-state index < -0.39 is 0 Å². The zero-order valence-electron chi connectivity index (χ0n) is 33.8. The second kappa shape index (κ2) is 42.1. The van der Waals surface area contributed by atoms with Crippen molar-refractivity contribution < 1.29 is 4.74 Å². The molecule has 0 aromatic rings. The highest BCUT2D eigenvalue weighted by atomic mass is 16.5. The number of rotatable bonds is 42. The van der Waals surface area contributed by atoms with E-state index in [-0.39, 0.29) is 0 Å². The molecule has 0 N–H and O–H groups in total. The highest BCUT2D eigenvalue weighted by Crippen LogP contribution is 2.24. The third-order valence-corrected chi connectivity index (χ3v) is 10.9. The van der Waals surface area contributed by atoms with Gasteiger partial charge in [-0.1, -0.05) is 259 Å². The van der Waals surface area contributed by atoms with Crippen LogP contribution in [0.25, 0.3) is 0 Å². The molecule has 0 saturated carbocycles. The Balaban J connectivity index is 4.54. The molecule has 0 radical (unpaired) electrons. The van der Waals surface area contributed by atoms with Gasteiger partial charge in [0, 0.05) is 0 Å². The monoisotopic (exact) mass is 663 g/mol. The number of hydrogen-bond donors (Lipinski definition) is 0. The standard InChI is InChI=1S/C46H94O/c1-5-9-13-17-21-23-25-27-29-31-35-39-43-45(41-37-33-19-15-11-7-3)47-46(42-38-34-20-16-12-8-4)44-40-36-32-30-28-26-24-22-18-14-10-6-2/h45-46H,5-44H2,1-4H3. The van der Waals surface area contributed by atoms with Crippen molar-refractivity contribution in [2.45, 2.75) is 297 Å². The van der Waals surface area contributed by atoms with Crippen LogP contribution >= 0.6 is 0 Å². The first-order valence-corrected chi connectivity index (χ1v) is 22.9. The maximum absolute atomic E-state index is 7.11. The summed E-state index contributed by atoms with van der Waals surface area (Å²) in [6, 6.07) is 0. The van der Waals surface area contributed by atoms with Gasteiger partial charge >= 0.3 is 0 Å². The number of hydrogen-bond acceptors (Lipinski definition) is 1. The van der Waals surface area contributed by atoms with Crippen molar-refractivity contribution in [3.05, 3.63) is 0 Å². The highest BCUT2D eigenvalue weighted by molar-refractivity contribution is 4.67. The summed E-state index contributed by atoms with van der Waals surface area (Å²) in [6.07, 6.45) is 57.8. The first-order chi connectivity index (χ1) is 23.3. The molecule has 2 atom stereocenters. The molecule has 1 heteroatoms. The van der Waals surface area contributed by atoms with Crippen LogP contribution in [0.5, 0.6) is 0 Å². The van der Waals surface area contributed by atoms with E-state index in [1.165, 1.54) is 257 Å². The van der Waals surface area contributed by atoms with Crippen LogP contribution < -0.4 is 0 Å². The van der Waals surface area contributed by atoms with E-state index in [9.17, 15) is 0 Å².